The van der Waals surface area contributed by atoms with Crippen LogP contribution < -0.4 is 0 Å². The summed E-state index contributed by atoms with van der Waals surface area (Å²) >= 11 is 0. The number of hydrogen-bond acceptors (Lipinski definition) is 3. The maximum atomic E-state index is 11.1. The van der Waals surface area contributed by atoms with Crippen molar-refractivity contribution in [1.82, 2.24) is 0 Å². The third kappa shape index (κ3) is 2.56. The zero-order chi connectivity index (χ0) is 10.4. The second kappa shape index (κ2) is 5.12. The fraction of sp³-hybridized carbons (Fsp3) is 0.700. The van der Waals surface area contributed by atoms with E-state index >= 15 is 0 Å². The molecule has 1 heterocycles. The van der Waals surface area contributed by atoms with Crippen molar-refractivity contribution in [3.05, 3.63) is 12.2 Å². The molecule has 1 fully saturated rings. The van der Waals surface area contributed by atoms with Crippen LogP contribution in [0.1, 0.15) is 19.8 Å². The van der Waals surface area contributed by atoms with Crippen molar-refractivity contribution < 1.29 is 19.4 Å². The molecule has 1 aliphatic heterocycles. The lowest BCUT2D eigenvalue weighted by Crippen LogP contribution is -2.46. The molecule has 14 heavy (non-hydrogen) atoms. The third-order valence-electron chi connectivity index (χ3n) is 2.38. The highest BCUT2D eigenvalue weighted by Gasteiger charge is 2.41. The Morgan fingerprint density at radius 1 is 1.57 bits per heavy atom. The molecule has 4 nitrogen and oxygen atoms in total. The van der Waals surface area contributed by atoms with Gasteiger partial charge in [-0.05, 0) is 6.92 Å². The van der Waals surface area contributed by atoms with Crippen molar-refractivity contribution >= 4 is 5.97 Å². The predicted molar refractivity (Wildman–Crippen MR) is 51.2 cm³/mol. The van der Waals surface area contributed by atoms with Gasteiger partial charge >= 0.3 is 5.97 Å². The number of hydrogen-bond donors (Lipinski definition) is 1. The van der Waals surface area contributed by atoms with E-state index in [1.807, 2.05) is 13.0 Å². The van der Waals surface area contributed by atoms with Crippen molar-refractivity contribution in [2.24, 2.45) is 0 Å². The molecular weight excluding hydrogens is 184 g/mol. The number of rotatable bonds is 4. The van der Waals surface area contributed by atoms with Crippen LogP contribution in [0.3, 0.4) is 0 Å². The molecular formula is C10H16O4. The van der Waals surface area contributed by atoms with E-state index in [9.17, 15) is 4.79 Å². The third-order valence-corrected chi connectivity index (χ3v) is 2.38. The van der Waals surface area contributed by atoms with Gasteiger partial charge in [-0.2, -0.15) is 0 Å². The predicted octanol–water partition coefficient (Wildman–Crippen LogP) is 1.21. The fourth-order valence-corrected chi connectivity index (χ4v) is 1.42. The van der Waals surface area contributed by atoms with Crippen molar-refractivity contribution in [2.45, 2.75) is 25.4 Å². The lowest BCUT2D eigenvalue weighted by molar-refractivity contribution is -0.176. The van der Waals surface area contributed by atoms with Crippen molar-refractivity contribution in [1.29, 1.82) is 0 Å². The number of ether oxygens (including phenoxy) is 2. The zero-order valence-electron chi connectivity index (χ0n) is 8.36. The van der Waals surface area contributed by atoms with Crippen LogP contribution in [0.25, 0.3) is 0 Å². The lowest BCUT2D eigenvalue weighted by Gasteiger charge is -2.32. The molecule has 0 aromatic heterocycles. The Balaban J connectivity index is 2.56. The monoisotopic (exact) mass is 200 g/mol. The number of allylic oxidation sites excluding steroid dienone is 1. The molecule has 1 aliphatic rings. The minimum atomic E-state index is -1.03. The van der Waals surface area contributed by atoms with E-state index in [0.717, 1.165) is 0 Å². The highest BCUT2D eigenvalue weighted by atomic mass is 16.5. The average Bonchev–Trinajstić information content (AvgIpc) is 2.19. The summed E-state index contributed by atoms with van der Waals surface area (Å²) in [7, 11) is 0. The Hall–Kier alpha value is -0.870. The first-order valence-electron chi connectivity index (χ1n) is 4.77. The van der Waals surface area contributed by atoms with E-state index in [1.165, 1.54) is 0 Å². The van der Waals surface area contributed by atoms with Crippen LogP contribution in [-0.4, -0.2) is 36.5 Å². The molecule has 0 atom stereocenters. The average molecular weight is 200 g/mol. The number of carboxylic acid groups (broad SMARTS) is 1. The van der Waals surface area contributed by atoms with Gasteiger partial charge in [0.15, 0.2) is 5.60 Å². The molecule has 1 rings (SSSR count). The highest BCUT2D eigenvalue weighted by Crippen LogP contribution is 2.25. The number of carbonyl (C=O) groups is 1. The molecule has 0 radical (unpaired) electrons. The van der Waals surface area contributed by atoms with Crippen LogP contribution in [-0.2, 0) is 14.3 Å². The van der Waals surface area contributed by atoms with Crippen LogP contribution >= 0.6 is 0 Å². The van der Waals surface area contributed by atoms with Gasteiger partial charge in [-0.3, -0.25) is 0 Å². The summed E-state index contributed by atoms with van der Waals surface area (Å²) in [4.78, 5) is 11.1. The molecule has 0 bridgehead atoms. The molecule has 0 unspecified atom stereocenters. The number of carboxylic acids is 1. The normalized spacial score (nSPS) is 21.2. The largest absolute Gasteiger partial charge is 0.479 e. The summed E-state index contributed by atoms with van der Waals surface area (Å²) in [5.41, 5.74) is -1.03. The Bertz CT molecular complexity index is 216. The summed E-state index contributed by atoms with van der Waals surface area (Å²) < 4.78 is 10.5. The summed E-state index contributed by atoms with van der Waals surface area (Å²) in [5.74, 6) is -0.884. The van der Waals surface area contributed by atoms with E-state index in [2.05, 4.69) is 0 Å². The minimum Gasteiger partial charge on any atom is -0.479 e. The SMILES string of the molecule is CC=CCOC1(C(=O)O)CCOCC1. The summed E-state index contributed by atoms with van der Waals surface area (Å²) in [6.45, 7) is 3.15. The molecule has 1 saturated heterocycles. The van der Waals surface area contributed by atoms with Gasteiger partial charge in [0.2, 0.25) is 0 Å². The van der Waals surface area contributed by atoms with Crippen LogP contribution in [0.2, 0.25) is 0 Å². The molecule has 80 valence electrons. The molecule has 1 N–H and O–H groups in total. The molecule has 0 spiro atoms. The van der Waals surface area contributed by atoms with Gasteiger partial charge in [0.1, 0.15) is 0 Å². The molecule has 0 aliphatic carbocycles. The zero-order valence-corrected chi connectivity index (χ0v) is 8.36. The second-order valence-corrected chi connectivity index (χ2v) is 3.29. The first kappa shape index (κ1) is 11.2. The smallest absolute Gasteiger partial charge is 0.336 e. The van der Waals surface area contributed by atoms with E-state index in [0.29, 0.717) is 32.7 Å². The number of aliphatic carboxylic acids is 1. The molecule has 0 amide bonds. The molecule has 0 saturated carbocycles. The maximum absolute atomic E-state index is 11.1. The lowest BCUT2D eigenvalue weighted by atomic mass is 9.94. The van der Waals surface area contributed by atoms with Gasteiger partial charge in [0.25, 0.3) is 0 Å². The first-order chi connectivity index (χ1) is 6.71. The Morgan fingerprint density at radius 2 is 2.21 bits per heavy atom. The van der Waals surface area contributed by atoms with Crippen molar-refractivity contribution in [2.75, 3.05) is 19.8 Å². The molecule has 4 heteroatoms. The van der Waals surface area contributed by atoms with Gasteiger partial charge in [-0.1, -0.05) is 12.2 Å². The van der Waals surface area contributed by atoms with Crippen LogP contribution in [0.15, 0.2) is 12.2 Å². The fourth-order valence-electron chi connectivity index (χ4n) is 1.42. The quantitative estimate of drug-likeness (QED) is 0.693. The molecule has 0 aromatic rings. The second-order valence-electron chi connectivity index (χ2n) is 3.29. The van der Waals surface area contributed by atoms with Gasteiger partial charge in [-0.25, -0.2) is 4.79 Å². The topological polar surface area (TPSA) is 55.8 Å². The van der Waals surface area contributed by atoms with Crippen molar-refractivity contribution in [3.8, 4) is 0 Å². The van der Waals surface area contributed by atoms with Gasteiger partial charge in [0, 0.05) is 26.1 Å². The first-order valence-corrected chi connectivity index (χ1v) is 4.77. The maximum Gasteiger partial charge on any atom is 0.336 e. The van der Waals surface area contributed by atoms with Gasteiger partial charge in [-0.15, -0.1) is 0 Å². The van der Waals surface area contributed by atoms with Crippen LogP contribution in [0, 0.1) is 0 Å². The minimum absolute atomic E-state index is 0.350. The van der Waals surface area contributed by atoms with Crippen LogP contribution in [0.5, 0.6) is 0 Å². The van der Waals surface area contributed by atoms with E-state index in [4.69, 9.17) is 14.6 Å². The van der Waals surface area contributed by atoms with Crippen molar-refractivity contribution in [3.63, 3.8) is 0 Å². The van der Waals surface area contributed by atoms with E-state index in [1.54, 1.807) is 6.08 Å². The highest BCUT2D eigenvalue weighted by molar-refractivity contribution is 5.77. The van der Waals surface area contributed by atoms with E-state index < -0.39 is 11.6 Å². The van der Waals surface area contributed by atoms with Gasteiger partial charge < -0.3 is 14.6 Å². The van der Waals surface area contributed by atoms with Gasteiger partial charge in [0.05, 0.1) is 6.61 Å². The Kier molecular flexibility index (Phi) is 4.10. The van der Waals surface area contributed by atoms with Crippen LogP contribution in [0.4, 0.5) is 0 Å². The summed E-state index contributed by atoms with van der Waals surface area (Å²) in [6, 6.07) is 0. The Labute approximate surface area is 83.5 Å². The Morgan fingerprint density at radius 3 is 2.71 bits per heavy atom. The standard InChI is InChI=1S/C10H16O4/c1-2-3-6-14-10(9(11)12)4-7-13-8-5-10/h2-3H,4-8H2,1H3,(H,11,12). The summed E-state index contributed by atoms with van der Waals surface area (Å²) in [5, 5.41) is 9.08. The summed E-state index contributed by atoms with van der Waals surface area (Å²) in [6.07, 6.45) is 4.51. The van der Waals surface area contributed by atoms with E-state index in [-0.39, 0.29) is 0 Å². The molecule has 0 aromatic carbocycles.